The summed E-state index contributed by atoms with van der Waals surface area (Å²) >= 11 is 5.94. The van der Waals surface area contributed by atoms with Gasteiger partial charge in [-0.1, -0.05) is 17.7 Å². The molecule has 1 saturated heterocycles. The lowest BCUT2D eigenvalue weighted by Gasteiger charge is -2.24. The van der Waals surface area contributed by atoms with E-state index < -0.39 is 0 Å². The number of nitrogens with zero attached hydrogens (tertiary/aromatic N) is 3. The van der Waals surface area contributed by atoms with E-state index in [1.54, 1.807) is 30.3 Å². The average Bonchev–Trinajstić information content (AvgIpc) is 3.10. The Labute approximate surface area is 159 Å². The number of piperidine rings is 1. The number of halogens is 1. The van der Waals surface area contributed by atoms with E-state index in [0.29, 0.717) is 29.8 Å². The van der Waals surface area contributed by atoms with Gasteiger partial charge in [0.25, 0.3) is 0 Å². The Morgan fingerprint density at radius 1 is 1.46 bits per heavy atom. The highest BCUT2D eigenvalue weighted by molar-refractivity contribution is 6.30. The van der Waals surface area contributed by atoms with Gasteiger partial charge in [-0.25, -0.2) is 0 Å². The molecule has 140 valence electrons. The highest BCUT2D eigenvalue weighted by atomic mass is 35.5. The van der Waals surface area contributed by atoms with Gasteiger partial charge in [-0.05, 0) is 43.7 Å². The van der Waals surface area contributed by atoms with Crippen molar-refractivity contribution < 1.29 is 9.53 Å². The average molecular weight is 377 g/mol. The Bertz CT molecular complexity index is 728. The fraction of sp³-hybridized carbons (Fsp3) is 0.474. The van der Waals surface area contributed by atoms with Crippen molar-refractivity contribution in [1.82, 2.24) is 20.0 Å². The van der Waals surface area contributed by atoms with Crippen LogP contribution in [0.3, 0.4) is 0 Å². The van der Waals surface area contributed by atoms with Crippen LogP contribution in [0.1, 0.15) is 24.5 Å². The van der Waals surface area contributed by atoms with Crippen LogP contribution in [0.2, 0.25) is 5.02 Å². The van der Waals surface area contributed by atoms with E-state index in [-0.39, 0.29) is 12.5 Å². The Hall–Kier alpha value is -2.05. The van der Waals surface area contributed by atoms with Gasteiger partial charge in [0, 0.05) is 36.4 Å². The lowest BCUT2D eigenvalue weighted by atomic mass is 9.96. The molecule has 6 nitrogen and oxygen atoms in total. The summed E-state index contributed by atoms with van der Waals surface area (Å²) in [5.74, 6) is 1.15. The number of amides is 1. The first-order valence-electron chi connectivity index (χ1n) is 8.98. The number of ether oxygens (including phenoxy) is 1. The number of nitrogens with one attached hydrogen (secondary N) is 1. The van der Waals surface area contributed by atoms with Gasteiger partial charge in [-0.3, -0.25) is 9.48 Å². The van der Waals surface area contributed by atoms with Crippen molar-refractivity contribution in [3.8, 4) is 5.75 Å². The molecule has 2 aromatic rings. The number of likely N-dealkylation sites (N-methyl/N-ethyl adjacent to an activating group) is 1. The van der Waals surface area contributed by atoms with Crippen LogP contribution < -0.4 is 10.1 Å². The van der Waals surface area contributed by atoms with E-state index in [2.05, 4.69) is 10.4 Å². The second-order valence-corrected chi connectivity index (χ2v) is 7.01. The molecule has 1 aromatic carbocycles. The molecular formula is C19H25ClN4O2. The van der Waals surface area contributed by atoms with Gasteiger partial charge in [0.2, 0.25) is 5.91 Å². The van der Waals surface area contributed by atoms with E-state index in [1.807, 2.05) is 22.9 Å². The Morgan fingerprint density at radius 2 is 2.35 bits per heavy atom. The summed E-state index contributed by atoms with van der Waals surface area (Å²) in [6, 6.07) is 9.27. The summed E-state index contributed by atoms with van der Waals surface area (Å²) in [5.41, 5.74) is 1.13. The van der Waals surface area contributed by atoms with Crippen molar-refractivity contribution >= 4 is 17.5 Å². The van der Waals surface area contributed by atoms with E-state index in [4.69, 9.17) is 16.3 Å². The number of carbonyl (C=O) groups excluding carboxylic acids is 1. The molecule has 1 aliphatic heterocycles. The molecule has 3 rings (SSSR count). The molecule has 0 saturated carbocycles. The number of benzene rings is 1. The zero-order valence-electron chi connectivity index (χ0n) is 15.0. The minimum atomic E-state index is 0.0217. The van der Waals surface area contributed by atoms with Gasteiger partial charge in [0.1, 0.15) is 18.9 Å². The summed E-state index contributed by atoms with van der Waals surface area (Å²) in [6.07, 6.45) is 4.07. The molecule has 1 atom stereocenters. The summed E-state index contributed by atoms with van der Waals surface area (Å²) in [5, 5.41) is 8.39. The first kappa shape index (κ1) is 18.7. The monoisotopic (exact) mass is 376 g/mol. The molecule has 26 heavy (non-hydrogen) atoms. The SMILES string of the molecule is CN(CCOc1cccc(Cl)c1)C(=O)Cn1nccc1[C@H]1CCCNC1. The molecule has 0 unspecified atom stereocenters. The zero-order valence-corrected chi connectivity index (χ0v) is 15.8. The molecular weight excluding hydrogens is 352 g/mol. The van der Waals surface area contributed by atoms with Gasteiger partial charge in [-0.2, -0.15) is 5.10 Å². The van der Waals surface area contributed by atoms with Gasteiger partial charge in [0.15, 0.2) is 0 Å². The van der Waals surface area contributed by atoms with Crippen molar-refractivity contribution in [3.05, 3.63) is 47.2 Å². The molecule has 1 aromatic heterocycles. The van der Waals surface area contributed by atoms with Crippen molar-refractivity contribution in [3.63, 3.8) is 0 Å². The quantitative estimate of drug-likeness (QED) is 0.806. The van der Waals surface area contributed by atoms with E-state index in [0.717, 1.165) is 31.6 Å². The fourth-order valence-corrected chi connectivity index (χ4v) is 3.34. The van der Waals surface area contributed by atoms with Crippen LogP contribution in [-0.2, 0) is 11.3 Å². The smallest absolute Gasteiger partial charge is 0.244 e. The minimum Gasteiger partial charge on any atom is -0.492 e. The maximum Gasteiger partial charge on any atom is 0.244 e. The molecule has 0 radical (unpaired) electrons. The lowest BCUT2D eigenvalue weighted by Crippen LogP contribution is -2.35. The van der Waals surface area contributed by atoms with Crippen LogP contribution in [-0.4, -0.2) is 53.9 Å². The van der Waals surface area contributed by atoms with Gasteiger partial charge < -0.3 is 15.0 Å². The number of rotatable bonds is 7. The second-order valence-electron chi connectivity index (χ2n) is 6.58. The molecule has 0 spiro atoms. The Kier molecular flexibility index (Phi) is 6.52. The van der Waals surface area contributed by atoms with E-state index in [1.165, 1.54) is 0 Å². The third-order valence-electron chi connectivity index (χ3n) is 4.67. The van der Waals surface area contributed by atoms with Crippen molar-refractivity contribution in [1.29, 1.82) is 0 Å². The predicted octanol–water partition coefficient (Wildman–Crippen LogP) is 2.54. The van der Waals surface area contributed by atoms with Crippen LogP contribution in [0.25, 0.3) is 0 Å². The normalized spacial score (nSPS) is 17.1. The summed E-state index contributed by atoms with van der Waals surface area (Å²) in [6.45, 7) is 3.20. The number of aromatic nitrogens is 2. The summed E-state index contributed by atoms with van der Waals surface area (Å²) in [7, 11) is 1.79. The molecule has 1 N–H and O–H groups in total. The topological polar surface area (TPSA) is 59.4 Å². The van der Waals surface area contributed by atoms with Crippen LogP contribution in [0.15, 0.2) is 36.5 Å². The van der Waals surface area contributed by atoms with Gasteiger partial charge in [-0.15, -0.1) is 0 Å². The van der Waals surface area contributed by atoms with E-state index >= 15 is 0 Å². The molecule has 7 heteroatoms. The minimum absolute atomic E-state index is 0.0217. The standard InChI is InChI=1S/C19H25ClN4O2/c1-23(10-11-26-17-6-2-5-16(20)12-17)19(25)14-24-18(7-9-22-24)15-4-3-8-21-13-15/h2,5-7,9,12,15,21H,3-4,8,10-11,13-14H2,1H3/t15-/m0/s1. The number of carbonyl (C=O) groups is 1. The Morgan fingerprint density at radius 3 is 3.12 bits per heavy atom. The lowest BCUT2D eigenvalue weighted by molar-refractivity contribution is -0.131. The molecule has 0 aliphatic carbocycles. The maximum absolute atomic E-state index is 12.5. The predicted molar refractivity (Wildman–Crippen MR) is 102 cm³/mol. The van der Waals surface area contributed by atoms with Crippen molar-refractivity contribution in [2.45, 2.75) is 25.3 Å². The largest absolute Gasteiger partial charge is 0.492 e. The third-order valence-corrected chi connectivity index (χ3v) is 4.90. The van der Waals surface area contributed by atoms with Crippen molar-refractivity contribution in [2.75, 3.05) is 33.3 Å². The van der Waals surface area contributed by atoms with Gasteiger partial charge >= 0.3 is 0 Å². The first-order chi connectivity index (χ1) is 12.6. The first-order valence-corrected chi connectivity index (χ1v) is 9.36. The molecule has 2 heterocycles. The third kappa shape index (κ3) is 4.99. The molecule has 1 aliphatic rings. The molecule has 1 fully saturated rings. The summed E-state index contributed by atoms with van der Waals surface area (Å²) in [4.78, 5) is 14.2. The molecule has 1 amide bonds. The van der Waals surface area contributed by atoms with Crippen LogP contribution in [0, 0.1) is 0 Å². The van der Waals surface area contributed by atoms with Crippen molar-refractivity contribution in [2.24, 2.45) is 0 Å². The van der Waals surface area contributed by atoms with E-state index in [9.17, 15) is 4.79 Å². The number of hydrogen-bond acceptors (Lipinski definition) is 4. The highest BCUT2D eigenvalue weighted by Gasteiger charge is 2.20. The maximum atomic E-state index is 12.5. The van der Waals surface area contributed by atoms with Gasteiger partial charge in [0.05, 0.1) is 6.54 Å². The number of hydrogen-bond donors (Lipinski definition) is 1. The summed E-state index contributed by atoms with van der Waals surface area (Å²) < 4.78 is 7.48. The highest BCUT2D eigenvalue weighted by Crippen LogP contribution is 2.22. The zero-order chi connectivity index (χ0) is 18.4. The second kappa shape index (κ2) is 9.05. The van der Waals surface area contributed by atoms with Crippen LogP contribution in [0.5, 0.6) is 5.75 Å². The Balaban J connectivity index is 1.49. The van der Waals surface area contributed by atoms with Crippen LogP contribution >= 0.6 is 11.6 Å². The van der Waals surface area contributed by atoms with Crippen LogP contribution in [0.4, 0.5) is 0 Å². The fourth-order valence-electron chi connectivity index (χ4n) is 3.16. The molecule has 0 bridgehead atoms.